The van der Waals surface area contributed by atoms with Gasteiger partial charge in [-0.3, -0.25) is 14.4 Å². The van der Waals surface area contributed by atoms with Gasteiger partial charge >= 0.3 is 12.0 Å². The average molecular weight is 371 g/mol. The van der Waals surface area contributed by atoms with Gasteiger partial charge in [-0.2, -0.15) is 4.99 Å². The summed E-state index contributed by atoms with van der Waals surface area (Å²) in [5.74, 6) is -1.23. The Labute approximate surface area is 156 Å². The van der Waals surface area contributed by atoms with Crippen molar-refractivity contribution in [3.63, 3.8) is 0 Å². The van der Waals surface area contributed by atoms with E-state index in [0.717, 1.165) is 5.56 Å². The summed E-state index contributed by atoms with van der Waals surface area (Å²) in [5.41, 5.74) is 1.94. The topological polar surface area (TPSA) is 114 Å². The molecule has 1 aliphatic heterocycles. The standard InChI is InChI=1S/C19H21N3O5/c1-12-7-9-14(10-8-12)21-16(24)11-27-17(25)6-4-3-5-15(23)18-13(2)20-19(26)22-18/h7-10H,2-6,11H2,1H3,(H,20,26)(H,21,24). The fourth-order valence-corrected chi connectivity index (χ4v) is 2.34. The van der Waals surface area contributed by atoms with Crippen LogP contribution in [0.1, 0.15) is 31.2 Å². The van der Waals surface area contributed by atoms with Crippen molar-refractivity contribution >= 4 is 35.1 Å². The zero-order chi connectivity index (χ0) is 19.8. The van der Waals surface area contributed by atoms with Gasteiger partial charge in [0.25, 0.3) is 5.91 Å². The Morgan fingerprint density at radius 2 is 1.81 bits per heavy atom. The molecular formula is C19H21N3O5. The molecule has 0 saturated heterocycles. The van der Waals surface area contributed by atoms with Crippen LogP contribution in [-0.2, 0) is 19.1 Å². The summed E-state index contributed by atoms with van der Waals surface area (Å²) < 4.78 is 4.91. The van der Waals surface area contributed by atoms with Crippen molar-refractivity contribution in [2.45, 2.75) is 32.6 Å². The van der Waals surface area contributed by atoms with Crippen LogP contribution in [0, 0.1) is 6.92 Å². The molecule has 142 valence electrons. The van der Waals surface area contributed by atoms with Crippen LogP contribution in [0.2, 0.25) is 0 Å². The smallest absolute Gasteiger partial charge is 0.346 e. The molecule has 8 nitrogen and oxygen atoms in total. The molecule has 8 heteroatoms. The summed E-state index contributed by atoms with van der Waals surface area (Å²) in [6, 6.07) is 6.65. The number of carbonyl (C=O) groups is 4. The molecule has 0 bridgehead atoms. The monoisotopic (exact) mass is 371 g/mol. The normalized spacial score (nSPS) is 13.0. The van der Waals surface area contributed by atoms with Crippen molar-refractivity contribution in [2.75, 3.05) is 11.9 Å². The molecule has 27 heavy (non-hydrogen) atoms. The number of nitrogens with zero attached hydrogens (tertiary/aromatic N) is 1. The van der Waals surface area contributed by atoms with E-state index in [1.807, 2.05) is 19.1 Å². The number of rotatable bonds is 9. The Balaban J connectivity index is 1.60. The molecule has 0 atom stereocenters. The highest BCUT2D eigenvalue weighted by atomic mass is 16.5. The second kappa shape index (κ2) is 9.42. The summed E-state index contributed by atoms with van der Waals surface area (Å²) in [7, 11) is 0. The third-order valence-electron chi connectivity index (χ3n) is 3.76. The fourth-order valence-electron chi connectivity index (χ4n) is 2.34. The van der Waals surface area contributed by atoms with E-state index in [1.54, 1.807) is 12.1 Å². The molecular weight excluding hydrogens is 350 g/mol. The van der Waals surface area contributed by atoms with Gasteiger partial charge in [-0.15, -0.1) is 0 Å². The molecule has 2 rings (SSSR count). The molecule has 0 spiro atoms. The molecule has 0 aromatic heterocycles. The predicted octanol–water partition coefficient (Wildman–Crippen LogP) is 2.28. The van der Waals surface area contributed by atoms with Crippen LogP contribution in [0.4, 0.5) is 10.5 Å². The summed E-state index contributed by atoms with van der Waals surface area (Å²) in [5, 5.41) is 4.96. The van der Waals surface area contributed by atoms with Gasteiger partial charge in [-0.1, -0.05) is 24.3 Å². The number of allylic oxidation sites excluding steroid dienone is 1. The van der Waals surface area contributed by atoms with E-state index in [0.29, 0.717) is 18.5 Å². The van der Waals surface area contributed by atoms with E-state index < -0.39 is 17.9 Å². The quantitative estimate of drug-likeness (QED) is 0.511. The van der Waals surface area contributed by atoms with Crippen LogP contribution in [0.25, 0.3) is 0 Å². The number of nitrogens with one attached hydrogen (secondary N) is 2. The van der Waals surface area contributed by atoms with Gasteiger partial charge in [0.2, 0.25) is 0 Å². The number of ketones is 1. The number of carbonyl (C=O) groups excluding carboxylic acids is 4. The van der Waals surface area contributed by atoms with Gasteiger partial charge in [-0.25, -0.2) is 4.79 Å². The first kappa shape index (κ1) is 20.0. The molecule has 1 aromatic rings. The Morgan fingerprint density at radius 3 is 2.44 bits per heavy atom. The number of ether oxygens (including phenoxy) is 1. The lowest BCUT2D eigenvalue weighted by molar-refractivity contribution is -0.147. The van der Waals surface area contributed by atoms with Gasteiger partial charge in [-0.05, 0) is 31.9 Å². The molecule has 0 fully saturated rings. The first-order valence-corrected chi connectivity index (χ1v) is 8.49. The molecule has 0 saturated carbocycles. The first-order chi connectivity index (χ1) is 12.8. The van der Waals surface area contributed by atoms with E-state index in [4.69, 9.17) is 4.74 Å². The fraction of sp³-hybridized carbons (Fsp3) is 0.316. The maximum absolute atomic E-state index is 11.9. The molecule has 1 heterocycles. The van der Waals surface area contributed by atoms with Crippen molar-refractivity contribution in [3.05, 3.63) is 42.1 Å². The molecule has 1 aliphatic rings. The maximum atomic E-state index is 11.9. The zero-order valence-corrected chi connectivity index (χ0v) is 15.0. The highest BCUT2D eigenvalue weighted by Gasteiger charge is 2.23. The van der Waals surface area contributed by atoms with E-state index in [9.17, 15) is 19.2 Å². The largest absolute Gasteiger partial charge is 0.456 e. The van der Waals surface area contributed by atoms with E-state index >= 15 is 0 Å². The third-order valence-corrected chi connectivity index (χ3v) is 3.76. The summed E-state index contributed by atoms with van der Waals surface area (Å²) in [6.45, 7) is 5.12. The Bertz CT molecular complexity index is 796. The van der Waals surface area contributed by atoms with Crippen molar-refractivity contribution in [1.29, 1.82) is 0 Å². The summed E-state index contributed by atoms with van der Waals surface area (Å²) in [6.07, 6.45) is 1.10. The average Bonchev–Trinajstić information content (AvgIpc) is 2.97. The number of aliphatic imine (C=N–C) groups is 1. The number of benzene rings is 1. The van der Waals surface area contributed by atoms with Crippen molar-refractivity contribution < 1.29 is 23.9 Å². The highest BCUT2D eigenvalue weighted by Crippen LogP contribution is 2.10. The lowest BCUT2D eigenvalue weighted by atomic mass is 10.1. The minimum atomic E-state index is -0.601. The Kier molecular flexibility index (Phi) is 6.99. The number of hydrogen-bond donors (Lipinski definition) is 2. The Morgan fingerprint density at radius 1 is 1.15 bits per heavy atom. The van der Waals surface area contributed by atoms with E-state index in [1.165, 1.54) is 0 Å². The number of anilines is 1. The Hall–Kier alpha value is -3.29. The van der Waals surface area contributed by atoms with Crippen LogP contribution in [0.3, 0.4) is 0 Å². The van der Waals surface area contributed by atoms with Crippen molar-refractivity contribution in [2.24, 2.45) is 4.99 Å². The SMILES string of the molecule is C=C1NC(=O)N=C1C(=O)CCCCC(=O)OCC(=O)Nc1ccc(C)cc1. The number of Topliss-reactive ketones (excluding diaryl/α,β-unsaturated/α-hetero) is 1. The minimum Gasteiger partial charge on any atom is -0.456 e. The number of urea groups is 1. The third kappa shape index (κ3) is 6.50. The molecule has 1 aromatic carbocycles. The second-order valence-corrected chi connectivity index (χ2v) is 6.07. The van der Waals surface area contributed by atoms with E-state index in [2.05, 4.69) is 22.2 Å². The molecule has 2 N–H and O–H groups in total. The zero-order valence-electron chi connectivity index (χ0n) is 15.0. The lowest BCUT2D eigenvalue weighted by Crippen LogP contribution is -2.21. The van der Waals surface area contributed by atoms with Crippen molar-refractivity contribution in [3.8, 4) is 0 Å². The van der Waals surface area contributed by atoms with Crippen LogP contribution >= 0.6 is 0 Å². The van der Waals surface area contributed by atoms with Gasteiger partial charge in [0.1, 0.15) is 5.71 Å². The van der Waals surface area contributed by atoms with Crippen LogP contribution in [0.5, 0.6) is 0 Å². The van der Waals surface area contributed by atoms with Crippen LogP contribution in [0.15, 0.2) is 41.5 Å². The summed E-state index contributed by atoms with van der Waals surface area (Å²) in [4.78, 5) is 49.9. The minimum absolute atomic E-state index is 0.0374. The molecule has 0 aliphatic carbocycles. The number of esters is 1. The molecule has 0 radical (unpaired) electrons. The first-order valence-electron chi connectivity index (χ1n) is 8.49. The second-order valence-electron chi connectivity index (χ2n) is 6.07. The lowest BCUT2D eigenvalue weighted by Gasteiger charge is -2.07. The molecule has 0 unspecified atom stereocenters. The van der Waals surface area contributed by atoms with Crippen LogP contribution in [-0.4, -0.2) is 36.0 Å². The number of amides is 3. The van der Waals surface area contributed by atoms with Crippen LogP contribution < -0.4 is 10.6 Å². The summed E-state index contributed by atoms with van der Waals surface area (Å²) >= 11 is 0. The van der Waals surface area contributed by atoms with Crippen molar-refractivity contribution in [1.82, 2.24) is 5.32 Å². The molecule has 3 amide bonds. The van der Waals surface area contributed by atoms with Gasteiger partial charge in [0.15, 0.2) is 12.4 Å². The van der Waals surface area contributed by atoms with Gasteiger partial charge < -0.3 is 15.4 Å². The van der Waals surface area contributed by atoms with Gasteiger partial charge in [0.05, 0.1) is 5.70 Å². The predicted molar refractivity (Wildman–Crippen MR) is 99.3 cm³/mol. The van der Waals surface area contributed by atoms with Gasteiger partial charge in [0, 0.05) is 18.5 Å². The number of unbranched alkanes of at least 4 members (excludes halogenated alkanes) is 1. The highest BCUT2D eigenvalue weighted by molar-refractivity contribution is 6.49. The number of hydrogen-bond acceptors (Lipinski definition) is 5. The number of aryl methyl sites for hydroxylation is 1. The van der Waals surface area contributed by atoms with E-state index in [-0.39, 0.29) is 36.6 Å². The maximum Gasteiger partial charge on any atom is 0.346 e.